The van der Waals surface area contributed by atoms with Gasteiger partial charge in [0.1, 0.15) is 0 Å². The van der Waals surface area contributed by atoms with Gasteiger partial charge in [0.15, 0.2) is 0 Å². The van der Waals surface area contributed by atoms with Gasteiger partial charge in [0.05, 0.1) is 16.8 Å². The number of hydrogen-bond acceptors (Lipinski definition) is 1. The van der Waals surface area contributed by atoms with Gasteiger partial charge >= 0.3 is 12.4 Å². The summed E-state index contributed by atoms with van der Waals surface area (Å²) in [7, 11) is -0.859. The molecular formula is C22H15F6NS. The van der Waals surface area contributed by atoms with Crippen molar-refractivity contribution in [1.29, 1.82) is 0 Å². The summed E-state index contributed by atoms with van der Waals surface area (Å²) in [6.07, 6.45) is -8.76. The van der Waals surface area contributed by atoms with Crippen LogP contribution in [0.3, 0.4) is 0 Å². The maximum absolute atomic E-state index is 12.8. The van der Waals surface area contributed by atoms with Gasteiger partial charge in [-0.1, -0.05) is 30.3 Å². The van der Waals surface area contributed by atoms with Gasteiger partial charge in [-0.25, -0.2) is 0 Å². The number of fused-ring (bicyclic) bond motifs is 1. The molecule has 4 rings (SSSR count). The van der Waals surface area contributed by atoms with Crippen molar-refractivity contribution in [3.05, 3.63) is 83.4 Å². The van der Waals surface area contributed by atoms with Crippen molar-refractivity contribution in [1.82, 2.24) is 0 Å². The van der Waals surface area contributed by atoms with E-state index in [1.54, 1.807) is 6.07 Å². The Kier molecular flexibility index (Phi) is 5.13. The van der Waals surface area contributed by atoms with Crippen LogP contribution in [0.25, 0.3) is 11.1 Å². The minimum absolute atomic E-state index is 0.542. The smallest absolute Gasteiger partial charge is 0.250 e. The van der Waals surface area contributed by atoms with Gasteiger partial charge < -0.3 is 0 Å². The molecule has 8 heteroatoms. The minimum atomic E-state index is -4.39. The van der Waals surface area contributed by atoms with E-state index >= 15 is 0 Å². The molecule has 1 atom stereocenters. The number of aliphatic imine (C=N–C) groups is 1. The first-order valence-electron chi connectivity index (χ1n) is 8.90. The lowest BCUT2D eigenvalue weighted by molar-refractivity contribution is -0.138. The summed E-state index contributed by atoms with van der Waals surface area (Å²) in [6.45, 7) is 0. The van der Waals surface area contributed by atoms with Crippen LogP contribution in [0.4, 0.5) is 32.0 Å². The van der Waals surface area contributed by atoms with E-state index in [0.29, 0.717) is 11.3 Å². The molecule has 1 aliphatic heterocycles. The molecule has 0 saturated heterocycles. The van der Waals surface area contributed by atoms with Crippen molar-refractivity contribution in [2.45, 2.75) is 23.0 Å². The molecule has 0 saturated carbocycles. The molecule has 0 spiro atoms. The monoisotopic (exact) mass is 439 g/mol. The number of rotatable bonds is 3. The Morgan fingerprint density at radius 3 is 1.77 bits per heavy atom. The van der Waals surface area contributed by atoms with E-state index in [1.807, 2.05) is 17.7 Å². The van der Waals surface area contributed by atoms with Gasteiger partial charge in [-0.15, -0.1) is 0 Å². The molecule has 3 aromatic carbocycles. The van der Waals surface area contributed by atoms with Crippen molar-refractivity contribution in [3.63, 3.8) is 0 Å². The molecule has 0 bridgehead atoms. The molecule has 1 heterocycles. The molecular weight excluding hydrogens is 424 g/mol. The summed E-state index contributed by atoms with van der Waals surface area (Å²) >= 11 is 0. The van der Waals surface area contributed by atoms with E-state index in [-0.39, 0.29) is 0 Å². The molecule has 1 aliphatic rings. The molecule has 1 unspecified atom stereocenters. The van der Waals surface area contributed by atoms with Gasteiger partial charge in [0, 0.05) is 16.2 Å². The van der Waals surface area contributed by atoms with Crippen LogP contribution < -0.4 is 0 Å². The number of halogens is 6. The Morgan fingerprint density at radius 1 is 0.667 bits per heavy atom. The molecule has 0 fully saturated rings. The Balaban J connectivity index is 1.56. The van der Waals surface area contributed by atoms with E-state index in [4.69, 9.17) is 0 Å². The average molecular weight is 439 g/mol. The van der Waals surface area contributed by atoms with Crippen molar-refractivity contribution in [2.24, 2.45) is 4.99 Å². The molecule has 0 aliphatic carbocycles. The number of nitrogens with zero attached hydrogens (tertiary/aromatic N) is 1. The number of hydrogen-bond donors (Lipinski definition) is 1. The third-order valence-electron chi connectivity index (χ3n) is 4.80. The zero-order valence-electron chi connectivity index (χ0n) is 15.3. The molecule has 0 aromatic heterocycles. The van der Waals surface area contributed by atoms with Gasteiger partial charge in [0.2, 0.25) is 0 Å². The van der Waals surface area contributed by atoms with Crippen LogP contribution in [0, 0.1) is 0 Å². The largest absolute Gasteiger partial charge is 0.416 e. The van der Waals surface area contributed by atoms with E-state index in [2.05, 4.69) is 4.99 Å². The quantitative estimate of drug-likeness (QED) is 0.318. The van der Waals surface area contributed by atoms with Gasteiger partial charge in [-0.05, 0) is 53.1 Å². The lowest BCUT2D eigenvalue weighted by Gasteiger charge is -2.16. The maximum Gasteiger partial charge on any atom is 0.416 e. The van der Waals surface area contributed by atoms with Crippen molar-refractivity contribution in [3.8, 4) is 11.1 Å². The minimum Gasteiger partial charge on any atom is -0.250 e. The molecule has 0 radical (unpaired) electrons. The zero-order chi connectivity index (χ0) is 21.5. The van der Waals surface area contributed by atoms with E-state index in [0.717, 1.165) is 46.0 Å². The summed E-state index contributed by atoms with van der Waals surface area (Å²) in [5, 5.41) is 0. The molecule has 0 N–H and O–H groups in total. The first-order chi connectivity index (χ1) is 14.1. The van der Waals surface area contributed by atoms with E-state index in [9.17, 15) is 26.3 Å². The second-order valence-electron chi connectivity index (χ2n) is 6.85. The maximum atomic E-state index is 12.8. The highest BCUT2D eigenvalue weighted by Crippen LogP contribution is 2.49. The third-order valence-corrected chi connectivity index (χ3v) is 6.88. The summed E-state index contributed by atoms with van der Waals surface area (Å²) in [4.78, 5) is 5.35. The van der Waals surface area contributed by atoms with Crippen LogP contribution in [-0.4, -0.2) is 5.55 Å². The lowest BCUT2D eigenvalue weighted by atomic mass is 10.0. The molecule has 3 aromatic rings. The van der Waals surface area contributed by atoms with Crippen LogP contribution in [0.2, 0.25) is 0 Å². The normalized spacial score (nSPS) is 17.2. The predicted octanol–water partition coefficient (Wildman–Crippen LogP) is 7.62. The van der Waals surface area contributed by atoms with E-state index < -0.39 is 34.4 Å². The topological polar surface area (TPSA) is 12.4 Å². The highest BCUT2D eigenvalue weighted by molar-refractivity contribution is 8.28. The van der Waals surface area contributed by atoms with Gasteiger partial charge in [-0.2, -0.15) is 37.2 Å². The number of benzene rings is 3. The lowest BCUT2D eigenvalue weighted by Crippen LogP contribution is -2.04. The number of thiol groups is 1. The van der Waals surface area contributed by atoms with E-state index in [1.165, 1.54) is 24.3 Å². The van der Waals surface area contributed by atoms with Crippen LogP contribution in [-0.2, 0) is 18.1 Å². The van der Waals surface area contributed by atoms with Gasteiger partial charge in [0.25, 0.3) is 0 Å². The highest BCUT2D eigenvalue weighted by atomic mass is 32.2. The van der Waals surface area contributed by atoms with Crippen LogP contribution in [0.5, 0.6) is 0 Å². The average Bonchev–Trinajstić information content (AvgIpc) is 3.09. The Bertz CT molecular complexity index is 1080. The van der Waals surface area contributed by atoms with Crippen LogP contribution >= 0.6 is 10.9 Å². The van der Waals surface area contributed by atoms with Crippen LogP contribution in [0.15, 0.2) is 76.6 Å². The molecule has 1 nitrogen and oxygen atoms in total. The SMILES string of the molecule is FC(F)(F)c1ccc(C[SH]2C=Nc3ccc(-c4ccc(C(F)(F)F)cc4)cc32)cc1. The first-order valence-corrected chi connectivity index (χ1v) is 10.5. The van der Waals surface area contributed by atoms with Gasteiger partial charge in [-0.3, -0.25) is 4.99 Å². The Labute approximate surface area is 171 Å². The molecule has 0 amide bonds. The Hall–Kier alpha value is -2.74. The second kappa shape index (κ2) is 7.50. The highest BCUT2D eigenvalue weighted by Gasteiger charge is 2.31. The summed E-state index contributed by atoms with van der Waals surface area (Å²) in [5.41, 5.74) is 3.39. The third kappa shape index (κ3) is 4.23. The molecule has 156 valence electrons. The van der Waals surface area contributed by atoms with Crippen molar-refractivity contribution < 1.29 is 26.3 Å². The first kappa shape index (κ1) is 20.5. The standard InChI is InChI=1S/C22H15F6NS/c23-21(24,25)17-6-1-14(2-7-17)12-30-13-29-19-10-5-16(11-20(19)30)15-3-8-18(9-4-15)22(26,27)28/h1-11,13,30H,12H2. The summed E-state index contributed by atoms with van der Waals surface area (Å²) < 4.78 is 76.5. The fraction of sp³-hybridized carbons (Fsp3) is 0.136. The Morgan fingerprint density at radius 2 is 1.20 bits per heavy atom. The zero-order valence-corrected chi connectivity index (χ0v) is 16.2. The van der Waals surface area contributed by atoms with Crippen molar-refractivity contribution in [2.75, 3.05) is 0 Å². The fourth-order valence-corrected chi connectivity index (χ4v) is 5.19. The summed E-state index contributed by atoms with van der Waals surface area (Å²) in [6, 6.07) is 15.5. The predicted molar refractivity (Wildman–Crippen MR) is 107 cm³/mol. The second-order valence-corrected chi connectivity index (χ2v) is 8.81. The number of alkyl halides is 6. The fourth-order valence-electron chi connectivity index (χ4n) is 3.21. The summed E-state index contributed by atoms with van der Waals surface area (Å²) in [5.74, 6) is 0.542. The van der Waals surface area contributed by atoms with Crippen molar-refractivity contribution >= 4 is 22.1 Å². The van der Waals surface area contributed by atoms with Crippen LogP contribution in [0.1, 0.15) is 16.7 Å². The molecule has 30 heavy (non-hydrogen) atoms.